The highest BCUT2D eigenvalue weighted by atomic mass is 31.2. The van der Waals surface area contributed by atoms with Crippen LogP contribution in [-0.2, 0) is 14.1 Å². The van der Waals surface area contributed by atoms with Crippen molar-refractivity contribution in [2.75, 3.05) is 0 Å². The number of esters is 1. The zero-order chi connectivity index (χ0) is 13.4. The normalized spacial score (nSPS) is 15.8. The minimum atomic E-state index is -4.51. The van der Waals surface area contributed by atoms with Crippen LogP contribution in [0.25, 0.3) is 0 Å². The topological polar surface area (TPSA) is 83.8 Å². The van der Waals surface area contributed by atoms with Gasteiger partial charge in [-0.05, 0) is 26.2 Å². The third-order valence-corrected chi connectivity index (χ3v) is 3.44. The zero-order valence-corrected chi connectivity index (χ0v) is 11.5. The van der Waals surface area contributed by atoms with Gasteiger partial charge in [-0.3, -0.25) is 9.36 Å². The maximum atomic E-state index is 11.7. The van der Waals surface area contributed by atoms with Crippen LogP contribution in [-0.4, -0.2) is 27.0 Å². The van der Waals surface area contributed by atoms with Crippen molar-refractivity contribution in [2.45, 2.75) is 52.8 Å². The number of hydrogen-bond acceptors (Lipinski definition) is 3. The van der Waals surface area contributed by atoms with E-state index in [2.05, 4.69) is 0 Å². The van der Waals surface area contributed by atoms with Gasteiger partial charge >= 0.3 is 13.6 Å². The van der Waals surface area contributed by atoms with Crippen LogP contribution in [0.2, 0.25) is 0 Å². The predicted octanol–water partition coefficient (Wildman–Crippen LogP) is 1.92. The molecule has 0 rings (SSSR count). The molecule has 0 aromatic heterocycles. The van der Waals surface area contributed by atoms with Gasteiger partial charge in [-0.2, -0.15) is 0 Å². The largest absolute Gasteiger partial charge is 0.459 e. The molecule has 2 N–H and O–H groups in total. The third-order valence-electron chi connectivity index (χ3n) is 1.79. The van der Waals surface area contributed by atoms with Crippen molar-refractivity contribution in [1.29, 1.82) is 0 Å². The van der Waals surface area contributed by atoms with Crippen molar-refractivity contribution in [3.8, 4) is 0 Å². The molecule has 5 nitrogen and oxygen atoms in total. The molecule has 0 aromatic carbocycles. The molecule has 16 heavy (non-hydrogen) atoms. The first kappa shape index (κ1) is 15.6. The number of hydrogen-bond donors (Lipinski definition) is 2. The molecule has 1 unspecified atom stereocenters. The van der Waals surface area contributed by atoms with Gasteiger partial charge in [0.15, 0.2) is 5.66 Å². The number of carbonyl (C=O) groups excluding carboxylic acids is 1. The van der Waals surface area contributed by atoms with Crippen LogP contribution in [0.4, 0.5) is 0 Å². The summed E-state index contributed by atoms with van der Waals surface area (Å²) >= 11 is 0. The SMILES string of the molecule is CC(C)(C)OC(=O)C(C(C)(C)C)P(=O)(O)O. The Morgan fingerprint density at radius 3 is 1.69 bits per heavy atom. The molecule has 96 valence electrons. The molecule has 0 bridgehead atoms. The molecule has 0 saturated heterocycles. The third kappa shape index (κ3) is 5.10. The summed E-state index contributed by atoms with van der Waals surface area (Å²) < 4.78 is 16.3. The fourth-order valence-corrected chi connectivity index (χ4v) is 2.69. The maximum Gasteiger partial charge on any atom is 0.340 e. The van der Waals surface area contributed by atoms with Gasteiger partial charge in [-0.1, -0.05) is 20.8 Å². The van der Waals surface area contributed by atoms with E-state index in [1.54, 1.807) is 41.5 Å². The van der Waals surface area contributed by atoms with Crippen LogP contribution in [0.5, 0.6) is 0 Å². The second-order valence-corrected chi connectivity index (χ2v) is 7.59. The Hall–Kier alpha value is -0.380. The van der Waals surface area contributed by atoms with Crippen molar-refractivity contribution in [3.05, 3.63) is 0 Å². The molecule has 0 heterocycles. The molecule has 0 saturated carbocycles. The minimum absolute atomic E-state index is 0.754. The summed E-state index contributed by atoms with van der Waals surface area (Å²) in [6.07, 6.45) is 0. The van der Waals surface area contributed by atoms with Gasteiger partial charge in [0.25, 0.3) is 0 Å². The Kier molecular flexibility index (Phi) is 4.37. The fourth-order valence-electron chi connectivity index (χ4n) is 1.35. The van der Waals surface area contributed by atoms with Gasteiger partial charge in [-0.15, -0.1) is 0 Å². The molecule has 0 spiro atoms. The molecule has 0 amide bonds. The second-order valence-electron chi connectivity index (χ2n) is 5.89. The van der Waals surface area contributed by atoms with Crippen molar-refractivity contribution in [1.82, 2.24) is 0 Å². The highest BCUT2D eigenvalue weighted by Gasteiger charge is 2.46. The van der Waals surface area contributed by atoms with E-state index in [-0.39, 0.29) is 0 Å². The lowest BCUT2D eigenvalue weighted by Gasteiger charge is -2.31. The van der Waals surface area contributed by atoms with Gasteiger partial charge < -0.3 is 14.5 Å². The standard InChI is InChI=1S/C10H21O5P/c1-9(2,3)7(16(12,13)14)8(11)15-10(4,5)6/h7H,1-6H3,(H2,12,13,14). The first-order valence-corrected chi connectivity index (χ1v) is 6.71. The van der Waals surface area contributed by atoms with Gasteiger partial charge in [0, 0.05) is 0 Å². The highest BCUT2D eigenvalue weighted by Crippen LogP contribution is 2.50. The van der Waals surface area contributed by atoms with E-state index in [0.29, 0.717) is 0 Å². The van der Waals surface area contributed by atoms with Gasteiger partial charge in [0.05, 0.1) is 0 Å². The van der Waals surface area contributed by atoms with E-state index in [1.165, 1.54) is 0 Å². The Balaban J connectivity index is 5.11. The molecule has 0 radical (unpaired) electrons. The monoisotopic (exact) mass is 252 g/mol. The average Bonchev–Trinajstić information content (AvgIpc) is 1.70. The smallest absolute Gasteiger partial charge is 0.340 e. The van der Waals surface area contributed by atoms with Crippen molar-refractivity contribution >= 4 is 13.6 Å². The molecule has 0 fully saturated rings. The van der Waals surface area contributed by atoms with Crippen molar-refractivity contribution in [2.24, 2.45) is 5.41 Å². The quantitative estimate of drug-likeness (QED) is 0.579. The van der Waals surface area contributed by atoms with Crippen molar-refractivity contribution in [3.63, 3.8) is 0 Å². The lowest BCUT2D eigenvalue weighted by atomic mass is 9.91. The van der Waals surface area contributed by atoms with Gasteiger partial charge in [-0.25, -0.2) is 0 Å². The molecule has 0 aliphatic rings. The summed E-state index contributed by atoms with van der Waals surface area (Å²) in [4.78, 5) is 30.1. The van der Waals surface area contributed by atoms with E-state index in [9.17, 15) is 19.1 Å². The molecule has 6 heteroatoms. The van der Waals surface area contributed by atoms with E-state index in [0.717, 1.165) is 0 Å². The zero-order valence-electron chi connectivity index (χ0n) is 10.6. The predicted molar refractivity (Wildman–Crippen MR) is 61.1 cm³/mol. The summed E-state index contributed by atoms with van der Waals surface area (Å²) in [5.74, 6) is -0.853. The Morgan fingerprint density at radius 2 is 1.50 bits per heavy atom. The lowest BCUT2D eigenvalue weighted by molar-refractivity contribution is -0.156. The molecule has 0 aromatic rings. The summed E-state index contributed by atoms with van der Waals surface area (Å²) in [7, 11) is -4.51. The van der Waals surface area contributed by atoms with E-state index >= 15 is 0 Å². The second kappa shape index (κ2) is 4.47. The average molecular weight is 252 g/mol. The summed E-state index contributed by atoms with van der Waals surface area (Å²) in [6, 6.07) is 0. The molecule has 1 atom stereocenters. The van der Waals surface area contributed by atoms with Crippen LogP contribution in [0.1, 0.15) is 41.5 Å². The molecule has 0 aliphatic heterocycles. The Bertz CT molecular complexity index is 304. The Morgan fingerprint density at radius 1 is 1.12 bits per heavy atom. The van der Waals surface area contributed by atoms with Gasteiger partial charge in [0.1, 0.15) is 5.60 Å². The lowest BCUT2D eigenvalue weighted by Crippen LogP contribution is -2.39. The van der Waals surface area contributed by atoms with Crippen LogP contribution in [0.15, 0.2) is 0 Å². The van der Waals surface area contributed by atoms with Crippen LogP contribution < -0.4 is 0 Å². The molecular formula is C10H21O5P. The first-order chi connectivity index (χ1) is 6.75. The minimum Gasteiger partial charge on any atom is -0.459 e. The van der Waals surface area contributed by atoms with Crippen molar-refractivity contribution < 1.29 is 23.9 Å². The summed E-state index contributed by atoms with van der Waals surface area (Å²) in [5.41, 5.74) is -3.03. The van der Waals surface area contributed by atoms with Crippen LogP contribution in [0.3, 0.4) is 0 Å². The fraction of sp³-hybridized carbons (Fsp3) is 0.900. The number of carbonyl (C=O) groups is 1. The highest BCUT2D eigenvalue weighted by molar-refractivity contribution is 7.53. The number of ether oxygens (including phenoxy) is 1. The van der Waals surface area contributed by atoms with Crippen LogP contribution in [0, 0.1) is 5.41 Å². The molecular weight excluding hydrogens is 231 g/mol. The van der Waals surface area contributed by atoms with E-state index < -0.39 is 30.2 Å². The van der Waals surface area contributed by atoms with E-state index in [4.69, 9.17) is 4.74 Å². The summed E-state index contributed by atoms with van der Waals surface area (Å²) in [5, 5.41) is 0. The summed E-state index contributed by atoms with van der Waals surface area (Å²) in [6.45, 7) is 9.76. The van der Waals surface area contributed by atoms with E-state index in [1.807, 2.05) is 0 Å². The maximum absolute atomic E-state index is 11.7. The van der Waals surface area contributed by atoms with Gasteiger partial charge in [0.2, 0.25) is 0 Å². The van der Waals surface area contributed by atoms with Crippen LogP contribution >= 0.6 is 7.60 Å². The first-order valence-electron chi connectivity index (χ1n) is 5.03. The number of rotatable bonds is 2. The molecule has 0 aliphatic carbocycles. The Labute approximate surface area is 96.4 Å².